The fourth-order valence-electron chi connectivity index (χ4n) is 6.54. The standard InChI is InChI=1S/C36H23N3O/c1-2-10-24(11-3-1)38-30-13-6-5-12-25(30)27-21-33-28(20-32(27)38)26-17-18-37-22-34(26)39(33)31-14-8-16-36-29(31)19-23-9-4-7-15-35(23)40-36/h1-18,20-22H,19H2. The van der Waals surface area contributed by atoms with Gasteiger partial charge in [-0.1, -0.05) is 60.7 Å². The molecule has 8 aromatic rings. The number of para-hydroxylation sites is 3. The van der Waals surface area contributed by atoms with Gasteiger partial charge in [0.1, 0.15) is 11.5 Å². The molecule has 0 aliphatic carbocycles. The smallest absolute Gasteiger partial charge is 0.133 e. The highest BCUT2D eigenvalue weighted by molar-refractivity contribution is 6.18. The maximum absolute atomic E-state index is 6.39. The first-order valence-corrected chi connectivity index (χ1v) is 13.6. The number of rotatable bonds is 2. The Hall–Kier alpha value is -5.35. The van der Waals surface area contributed by atoms with Crippen LogP contribution >= 0.6 is 0 Å². The highest BCUT2D eigenvalue weighted by Gasteiger charge is 2.24. The van der Waals surface area contributed by atoms with Crippen molar-refractivity contribution >= 4 is 43.6 Å². The average molecular weight is 514 g/mol. The maximum atomic E-state index is 6.39. The van der Waals surface area contributed by atoms with Crippen molar-refractivity contribution in [3.05, 3.63) is 139 Å². The van der Waals surface area contributed by atoms with Crippen molar-refractivity contribution in [2.75, 3.05) is 0 Å². The lowest BCUT2D eigenvalue weighted by molar-refractivity contribution is 0.459. The first-order valence-electron chi connectivity index (χ1n) is 13.6. The van der Waals surface area contributed by atoms with Gasteiger partial charge in [0, 0.05) is 45.4 Å². The van der Waals surface area contributed by atoms with Gasteiger partial charge in [-0.2, -0.15) is 0 Å². The van der Waals surface area contributed by atoms with Gasteiger partial charge in [0.25, 0.3) is 0 Å². The molecule has 4 heteroatoms. The third kappa shape index (κ3) is 2.93. The highest BCUT2D eigenvalue weighted by Crippen LogP contribution is 2.43. The number of benzene rings is 5. The van der Waals surface area contributed by atoms with Crippen LogP contribution in [-0.4, -0.2) is 14.1 Å². The Bertz CT molecular complexity index is 2270. The molecule has 1 aliphatic heterocycles. The molecule has 4 nitrogen and oxygen atoms in total. The van der Waals surface area contributed by atoms with Crippen molar-refractivity contribution in [3.63, 3.8) is 0 Å². The lowest BCUT2D eigenvalue weighted by atomic mass is 9.98. The molecule has 0 spiro atoms. The molecule has 0 saturated carbocycles. The number of hydrogen-bond acceptors (Lipinski definition) is 2. The molecule has 0 amide bonds. The van der Waals surface area contributed by atoms with E-state index in [1.165, 1.54) is 49.2 Å². The first-order chi connectivity index (χ1) is 19.8. The molecule has 4 heterocycles. The van der Waals surface area contributed by atoms with Gasteiger partial charge < -0.3 is 13.9 Å². The summed E-state index contributed by atoms with van der Waals surface area (Å²) in [4.78, 5) is 4.56. The van der Waals surface area contributed by atoms with Gasteiger partial charge in [-0.15, -0.1) is 0 Å². The first kappa shape index (κ1) is 21.6. The van der Waals surface area contributed by atoms with Crippen LogP contribution in [0, 0.1) is 0 Å². The molecule has 188 valence electrons. The second kappa shape index (κ2) is 8.08. The SMILES string of the molecule is c1ccc(-n2c3ccccc3c3cc4c(cc32)c2ccncc2n4-c2cccc3c2Cc2ccccc2O3)cc1. The van der Waals surface area contributed by atoms with E-state index in [1.807, 2.05) is 18.5 Å². The molecule has 0 atom stereocenters. The third-order valence-corrected chi connectivity index (χ3v) is 8.29. The Morgan fingerprint density at radius 2 is 1.27 bits per heavy atom. The van der Waals surface area contributed by atoms with Crippen molar-refractivity contribution in [3.8, 4) is 22.9 Å². The predicted octanol–water partition coefficient (Wildman–Crippen LogP) is 8.97. The summed E-state index contributed by atoms with van der Waals surface area (Å²) in [6.45, 7) is 0. The molecule has 9 rings (SSSR count). The molecule has 0 radical (unpaired) electrons. The van der Waals surface area contributed by atoms with Crippen molar-refractivity contribution in [1.82, 2.24) is 14.1 Å². The van der Waals surface area contributed by atoms with E-state index < -0.39 is 0 Å². The van der Waals surface area contributed by atoms with E-state index in [-0.39, 0.29) is 0 Å². The Balaban J connectivity index is 1.40. The van der Waals surface area contributed by atoms with Crippen LogP contribution in [-0.2, 0) is 6.42 Å². The summed E-state index contributed by atoms with van der Waals surface area (Å²) in [6.07, 6.45) is 4.70. The van der Waals surface area contributed by atoms with E-state index in [9.17, 15) is 0 Å². The van der Waals surface area contributed by atoms with Crippen LogP contribution in [0.1, 0.15) is 11.1 Å². The van der Waals surface area contributed by atoms with Gasteiger partial charge in [0.05, 0.1) is 34.0 Å². The number of ether oxygens (including phenoxy) is 1. The minimum absolute atomic E-state index is 0.818. The summed E-state index contributed by atoms with van der Waals surface area (Å²) in [5, 5.41) is 4.87. The van der Waals surface area contributed by atoms with Crippen LogP contribution in [0.15, 0.2) is 128 Å². The van der Waals surface area contributed by atoms with Crippen LogP contribution in [0.2, 0.25) is 0 Å². The topological polar surface area (TPSA) is 32.0 Å². The largest absolute Gasteiger partial charge is 0.457 e. The number of hydrogen-bond donors (Lipinski definition) is 0. The van der Waals surface area contributed by atoms with E-state index in [2.05, 4.69) is 123 Å². The normalized spacial score (nSPS) is 12.6. The van der Waals surface area contributed by atoms with Crippen molar-refractivity contribution in [2.45, 2.75) is 6.42 Å². The third-order valence-electron chi connectivity index (χ3n) is 8.29. The molecule has 5 aromatic carbocycles. The van der Waals surface area contributed by atoms with Crippen molar-refractivity contribution < 1.29 is 4.74 Å². The molecule has 0 fully saturated rings. The van der Waals surface area contributed by atoms with Crippen LogP contribution < -0.4 is 4.74 Å². The minimum atomic E-state index is 0.818. The van der Waals surface area contributed by atoms with Crippen LogP contribution in [0.5, 0.6) is 11.5 Å². The van der Waals surface area contributed by atoms with Gasteiger partial charge in [-0.3, -0.25) is 4.98 Å². The van der Waals surface area contributed by atoms with Gasteiger partial charge in [-0.05, 0) is 60.2 Å². The van der Waals surface area contributed by atoms with Gasteiger partial charge in [0.15, 0.2) is 0 Å². The molecule has 1 aliphatic rings. The number of nitrogens with zero attached hydrogens (tertiary/aromatic N) is 3. The average Bonchev–Trinajstić information content (AvgIpc) is 3.51. The van der Waals surface area contributed by atoms with Crippen LogP contribution in [0.4, 0.5) is 0 Å². The monoisotopic (exact) mass is 513 g/mol. The number of fused-ring (bicyclic) bond motifs is 8. The quantitative estimate of drug-likeness (QED) is 0.231. The second-order valence-electron chi connectivity index (χ2n) is 10.4. The molecule has 0 bridgehead atoms. The lowest BCUT2D eigenvalue weighted by Gasteiger charge is -2.23. The van der Waals surface area contributed by atoms with Crippen LogP contribution in [0.3, 0.4) is 0 Å². The van der Waals surface area contributed by atoms with E-state index in [1.54, 1.807) is 0 Å². The van der Waals surface area contributed by atoms with Gasteiger partial charge >= 0.3 is 0 Å². The molecule has 0 unspecified atom stereocenters. The zero-order valence-corrected chi connectivity index (χ0v) is 21.6. The van der Waals surface area contributed by atoms with Gasteiger partial charge in [-0.25, -0.2) is 0 Å². The summed E-state index contributed by atoms with van der Waals surface area (Å²) in [5.74, 6) is 1.85. The summed E-state index contributed by atoms with van der Waals surface area (Å²) in [6, 6.07) is 40.9. The second-order valence-corrected chi connectivity index (χ2v) is 10.4. The van der Waals surface area contributed by atoms with E-state index in [0.29, 0.717) is 0 Å². The molecule has 0 saturated heterocycles. The fraction of sp³-hybridized carbons (Fsp3) is 0.0278. The van der Waals surface area contributed by atoms with Gasteiger partial charge in [0.2, 0.25) is 0 Å². The fourth-order valence-corrected chi connectivity index (χ4v) is 6.54. The predicted molar refractivity (Wildman–Crippen MR) is 162 cm³/mol. The van der Waals surface area contributed by atoms with E-state index in [0.717, 1.165) is 34.8 Å². The van der Waals surface area contributed by atoms with Crippen LogP contribution in [0.25, 0.3) is 55.0 Å². The molecule has 3 aromatic heterocycles. The Morgan fingerprint density at radius 1 is 0.550 bits per heavy atom. The zero-order chi connectivity index (χ0) is 26.2. The Labute approximate surface area is 230 Å². The summed E-state index contributed by atoms with van der Waals surface area (Å²) in [7, 11) is 0. The molecular formula is C36H23N3O. The van der Waals surface area contributed by atoms with E-state index in [4.69, 9.17) is 4.74 Å². The molecule has 40 heavy (non-hydrogen) atoms. The maximum Gasteiger partial charge on any atom is 0.133 e. The van der Waals surface area contributed by atoms with E-state index >= 15 is 0 Å². The molecular weight excluding hydrogens is 490 g/mol. The van der Waals surface area contributed by atoms with Crippen molar-refractivity contribution in [1.29, 1.82) is 0 Å². The lowest BCUT2D eigenvalue weighted by Crippen LogP contribution is -2.07. The van der Waals surface area contributed by atoms with Crippen molar-refractivity contribution in [2.24, 2.45) is 0 Å². The zero-order valence-electron chi connectivity index (χ0n) is 21.6. The summed E-state index contributed by atoms with van der Waals surface area (Å²) < 4.78 is 11.1. The summed E-state index contributed by atoms with van der Waals surface area (Å²) in [5.41, 5.74) is 9.34. The Kier molecular flexibility index (Phi) is 4.35. The number of aromatic nitrogens is 3. The Morgan fingerprint density at radius 3 is 2.17 bits per heavy atom. The number of pyridine rings is 1. The molecule has 0 N–H and O–H groups in total. The summed E-state index contributed by atoms with van der Waals surface area (Å²) >= 11 is 0. The minimum Gasteiger partial charge on any atom is -0.457 e. The highest BCUT2D eigenvalue weighted by atomic mass is 16.5.